The molecule has 0 fully saturated rings. The van der Waals surface area contributed by atoms with Gasteiger partial charge in [-0.25, -0.2) is 0 Å². The molecule has 0 spiro atoms. The summed E-state index contributed by atoms with van der Waals surface area (Å²) in [5.74, 6) is 0. The number of azide groups is 1. The lowest BCUT2D eigenvalue weighted by Crippen LogP contribution is -1.95. The van der Waals surface area contributed by atoms with Crippen LogP contribution in [0.3, 0.4) is 0 Å². The molecule has 1 radical (unpaired) electrons. The molecule has 4 heteroatoms. The summed E-state index contributed by atoms with van der Waals surface area (Å²) in [4.78, 5) is 2.53. The second-order valence-electron chi connectivity index (χ2n) is 1.07. The Morgan fingerprint density at radius 3 is 3.00 bits per heavy atom. The van der Waals surface area contributed by atoms with Crippen LogP contribution in [0.2, 0.25) is 0 Å². The lowest BCUT2D eigenvalue weighted by Gasteiger charge is -1.91. The minimum Gasteiger partial charge on any atom is -0.381 e. The van der Waals surface area contributed by atoms with Crippen molar-refractivity contribution in [3.05, 3.63) is 17.4 Å². The zero-order valence-electron chi connectivity index (χ0n) is 4.58. The van der Waals surface area contributed by atoms with E-state index in [4.69, 9.17) is 10.3 Å². The average Bonchev–Trinajstić information content (AvgIpc) is 1.81. The van der Waals surface area contributed by atoms with Gasteiger partial charge in [0, 0.05) is 18.1 Å². The van der Waals surface area contributed by atoms with Crippen LogP contribution in [-0.2, 0) is 4.74 Å². The molecule has 0 rings (SSSR count). The molecular formula is C4H8N3O. The molecule has 0 atom stereocenters. The van der Waals surface area contributed by atoms with Crippen LogP contribution in [0, 0.1) is 6.92 Å². The normalized spacial score (nSPS) is 8.12. The number of hydrogen-bond acceptors (Lipinski definition) is 2. The summed E-state index contributed by atoms with van der Waals surface area (Å²) in [5.41, 5.74) is 7.75. The molecule has 0 aliphatic rings. The fourth-order valence-corrected chi connectivity index (χ4v) is 0.252. The van der Waals surface area contributed by atoms with E-state index < -0.39 is 0 Å². The van der Waals surface area contributed by atoms with E-state index in [2.05, 4.69) is 16.9 Å². The van der Waals surface area contributed by atoms with Crippen LogP contribution in [0.4, 0.5) is 0 Å². The molecule has 8 heavy (non-hydrogen) atoms. The lowest BCUT2D eigenvalue weighted by molar-refractivity contribution is 0.169. The molecule has 0 saturated carbocycles. The Labute approximate surface area is 48.1 Å². The second-order valence-corrected chi connectivity index (χ2v) is 1.07. The van der Waals surface area contributed by atoms with Gasteiger partial charge in [-0.1, -0.05) is 5.11 Å². The number of rotatable bonds is 4. The van der Waals surface area contributed by atoms with Crippen molar-refractivity contribution < 1.29 is 4.74 Å². The van der Waals surface area contributed by atoms with E-state index in [9.17, 15) is 0 Å². The highest BCUT2D eigenvalue weighted by molar-refractivity contribution is 4.43. The van der Waals surface area contributed by atoms with Crippen LogP contribution >= 0.6 is 0 Å². The Hall–Kier alpha value is -0.730. The van der Waals surface area contributed by atoms with Gasteiger partial charge in [0.1, 0.15) is 0 Å². The molecule has 0 saturated heterocycles. The molecule has 0 N–H and O–H groups in total. The Morgan fingerprint density at radius 1 is 1.75 bits per heavy atom. The zero-order chi connectivity index (χ0) is 6.24. The van der Waals surface area contributed by atoms with Crippen molar-refractivity contribution in [2.75, 3.05) is 19.8 Å². The summed E-state index contributed by atoms with van der Waals surface area (Å²) in [6.07, 6.45) is 0. The van der Waals surface area contributed by atoms with E-state index in [1.165, 1.54) is 0 Å². The van der Waals surface area contributed by atoms with Crippen molar-refractivity contribution in [1.82, 2.24) is 0 Å². The third-order valence-electron chi connectivity index (χ3n) is 0.543. The molecule has 0 amide bonds. The Morgan fingerprint density at radius 2 is 2.50 bits per heavy atom. The van der Waals surface area contributed by atoms with Crippen LogP contribution < -0.4 is 0 Å². The van der Waals surface area contributed by atoms with Crippen molar-refractivity contribution in [1.29, 1.82) is 0 Å². The fraction of sp³-hybridized carbons (Fsp3) is 0.750. The predicted octanol–water partition coefficient (Wildman–Crippen LogP) is 1.15. The van der Waals surface area contributed by atoms with Crippen molar-refractivity contribution in [3.8, 4) is 0 Å². The largest absolute Gasteiger partial charge is 0.381 e. The van der Waals surface area contributed by atoms with Gasteiger partial charge in [0.2, 0.25) is 0 Å². The van der Waals surface area contributed by atoms with Crippen LogP contribution in [0.25, 0.3) is 10.4 Å². The molecule has 0 bridgehead atoms. The molecular weight excluding hydrogens is 106 g/mol. The molecule has 0 aromatic rings. The molecule has 45 valence electrons. The third-order valence-corrected chi connectivity index (χ3v) is 0.543. The van der Waals surface area contributed by atoms with Gasteiger partial charge in [-0.05, 0) is 12.5 Å². The summed E-state index contributed by atoms with van der Waals surface area (Å²) in [7, 11) is 0. The first-order valence-electron chi connectivity index (χ1n) is 2.29. The molecule has 0 aliphatic carbocycles. The Balaban J connectivity index is 2.82. The van der Waals surface area contributed by atoms with Gasteiger partial charge < -0.3 is 4.74 Å². The summed E-state index contributed by atoms with van der Waals surface area (Å²) >= 11 is 0. The van der Waals surface area contributed by atoms with Gasteiger partial charge in [0.15, 0.2) is 0 Å². The first-order valence-corrected chi connectivity index (χ1v) is 2.29. The van der Waals surface area contributed by atoms with E-state index in [0.29, 0.717) is 19.8 Å². The smallest absolute Gasteiger partial charge is 0.0522 e. The van der Waals surface area contributed by atoms with Crippen molar-refractivity contribution in [2.24, 2.45) is 5.11 Å². The summed E-state index contributed by atoms with van der Waals surface area (Å²) < 4.78 is 4.76. The van der Waals surface area contributed by atoms with Gasteiger partial charge in [0.05, 0.1) is 6.61 Å². The maximum absolute atomic E-state index is 7.75. The first-order chi connectivity index (χ1) is 3.91. The lowest BCUT2D eigenvalue weighted by atomic mass is 10.7. The van der Waals surface area contributed by atoms with Crippen molar-refractivity contribution in [3.63, 3.8) is 0 Å². The van der Waals surface area contributed by atoms with E-state index in [1.807, 2.05) is 0 Å². The highest BCUT2D eigenvalue weighted by Crippen LogP contribution is 1.74. The molecule has 0 aromatic carbocycles. The molecule has 0 aliphatic heterocycles. The van der Waals surface area contributed by atoms with Crippen LogP contribution in [0.5, 0.6) is 0 Å². The van der Waals surface area contributed by atoms with Gasteiger partial charge in [-0.15, -0.1) is 0 Å². The third kappa shape index (κ3) is 5.27. The summed E-state index contributed by atoms with van der Waals surface area (Å²) in [5, 5.41) is 3.24. The van der Waals surface area contributed by atoms with Gasteiger partial charge in [-0.2, -0.15) is 0 Å². The second kappa shape index (κ2) is 6.27. The maximum atomic E-state index is 7.75. The van der Waals surface area contributed by atoms with E-state index in [-0.39, 0.29) is 0 Å². The van der Waals surface area contributed by atoms with E-state index in [0.717, 1.165) is 0 Å². The summed E-state index contributed by atoms with van der Waals surface area (Å²) in [6, 6.07) is 0. The van der Waals surface area contributed by atoms with Crippen molar-refractivity contribution >= 4 is 0 Å². The van der Waals surface area contributed by atoms with Crippen LogP contribution in [0.15, 0.2) is 5.11 Å². The topological polar surface area (TPSA) is 58.0 Å². The number of nitrogens with zero attached hydrogens (tertiary/aromatic N) is 3. The van der Waals surface area contributed by atoms with Gasteiger partial charge in [0.25, 0.3) is 0 Å². The molecule has 4 nitrogen and oxygen atoms in total. The minimum atomic E-state index is 0.395. The van der Waals surface area contributed by atoms with Crippen molar-refractivity contribution in [2.45, 2.75) is 0 Å². The van der Waals surface area contributed by atoms with E-state index in [1.54, 1.807) is 0 Å². The standard InChI is InChI=1S/C4H8N3O/c1-2-8-4-3-6-7-5/h1-4H2. The first kappa shape index (κ1) is 7.27. The monoisotopic (exact) mass is 114 g/mol. The Bertz CT molecular complexity index is 87.3. The molecule has 0 aromatic heterocycles. The summed E-state index contributed by atoms with van der Waals surface area (Å²) in [6.45, 7) is 4.72. The van der Waals surface area contributed by atoms with Gasteiger partial charge >= 0.3 is 0 Å². The quantitative estimate of drug-likeness (QED) is 0.234. The Kier molecular flexibility index (Phi) is 5.70. The number of ether oxygens (including phenoxy) is 1. The molecule has 0 heterocycles. The zero-order valence-corrected chi connectivity index (χ0v) is 4.58. The van der Waals surface area contributed by atoms with Gasteiger partial charge in [-0.3, -0.25) is 0 Å². The SMILES string of the molecule is [CH2]COCCN=[N+]=[N-]. The highest BCUT2D eigenvalue weighted by Gasteiger charge is 1.77. The minimum absolute atomic E-state index is 0.395. The number of hydrogen-bond donors (Lipinski definition) is 0. The van der Waals surface area contributed by atoms with Crippen LogP contribution in [0.1, 0.15) is 0 Å². The molecule has 0 unspecified atom stereocenters. The van der Waals surface area contributed by atoms with E-state index >= 15 is 0 Å². The maximum Gasteiger partial charge on any atom is 0.0522 e. The predicted molar refractivity (Wildman–Crippen MR) is 30.2 cm³/mol. The highest BCUT2D eigenvalue weighted by atomic mass is 16.5. The average molecular weight is 114 g/mol. The van der Waals surface area contributed by atoms with Crippen LogP contribution in [-0.4, -0.2) is 19.8 Å². The fourth-order valence-electron chi connectivity index (χ4n) is 0.252.